The van der Waals surface area contributed by atoms with Gasteiger partial charge in [0.25, 0.3) is 6.43 Å². The van der Waals surface area contributed by atoms with E-state index in [1.165, 1.54) is 0 Å². The molecule has 0 aromatic carbocycles. The minimum atomic E-state index is -3.04. The first kappa shape index (κ1) is 11.2. The number of hydrogen-bond donors (Lipinski definition) is 2. The standard InChI is InChI=1S/C8H8F2N2O3/c1-15-8(14)3-2-12-7(11)5(13)4(3)6(9)10/h2,6,13H,1H3,(H2,11,12). The normalized spacial score (nSPS) is 10.4. The lowest BCUT2D eigenvalue weighted by molar-refractivity contribution is 0.0587. The number of ether oxygens (including phenoxy) is 1. The summed E-state index contributed by atoms with van der Waals surface area (Å²) in [5.41, 5.74) is 3.76. The summed E-state index contributed by atoms with van der Waals surface area (Å²) in [6.45, 7) is 0. The molecule has 0 bridgehead atoms. The molecule has 0 amide bonds. The average molecular weight is 218 g/mol. The number of esters is 1. The van der Waals surface area contributed by atoms with Gasteiger partial charge in [0, 0.05) is 6.20 Å². The molecule has 82 valence electrons. The summed E-state index contributed by atoms with van der Waals surface area (Å²) >= 11 is 0. The molecule has 15 heavy (non-hydrogen) atoms. The summed E-state index contributed by atoms with van der Waals surface area (Å²) in [6, 6.07) is 0. The van der Waals surface area contributed by atoms with Gasteiger partial charge in [-0.15, -0.1) is 0 Å². The van der Waals surface area contributed by atoms with Crippen LogP contribution in [0, 0.1) is 0 Å². The van der Waals surface area contributed by atoms with Crippen LogP contribution in [0.5, 0.6) is 5.75 Å². The van der Waals surface area contributed by atoms with Crippen molar-refractivity contribution in [2.75, 3.05) is 12.8 Å². The molecule has 1 aromatic rings. The van der Waals surface area contributed by atoms with Crippen molar-refractivity contribution in [2.24, 2.45) is 0 Å². The predicted octanol–water partition coefficient (Wildman–Crippen LogP) is 1.09. The second-order valence-corrected chi connectivity index (χ2v) is 2.61. The Morgan fingerprint density at radius 3 is 2.73 bits per heavy atom. The van der Waals surface area contributed by atoms with Crippen LogP contribution >= 0.6 is 0 Å². The highest BCUT2D eigenvalue weighted by Crippen LogP contribution is 2.34. The van der Waals surface area contributed by atoms with Gasteiger partial charge in [-0.2, -0.15) is 0 Å². The van der Waals surface area contributed by atoms with Crippen molar-refractivity contribution in [1.29, 1.82) is 0 Å². The van der Waals surface area contributed by atoms with E-state index in [-0.39, 0.29) is 0 Å². The summed E-state index contributed by atoms with van der Waals surface area (Å²) in [4.78, 5) is 14.4. The first-order valence-electron chi connectivity index (χ1n) is 3.82. The van der Waals surface area contributed by atoms with Crippen molar-refractivity contribution in [3.05, 3.63) is 17.3 Å². The molecule has 1 aromatic heterocycles. The molecule has 0 atom stereocenters. The number of nitrogens with two attached hydrogens (primary N) is 1. The number of methoxy groups -OCH3 is 1. The number of hydrogen-bond acceptors (Lipinski definition) is 5. The molecular weight excluding hydrogens is 210 g/mol. The minimum Gasteiger partial charge on any atom is -0.504 e. The van der Waals surface area contributed by atoms with Gasteiger partial charge in [0.05, 0.1) is 18.2 Å². The number of carbonyl (C=O) groups excluding carboxylic acids is 1. The lowest BCUT2D eigenvalue weighted by Crippen LogP contribution is -2.08. The van der Waals surface area contributed by atoms with Crippen LogP contribution in [0.3, 0.4) is 0 Å². The molecule has 0 radical (unpaired) electrons. The van der Waals surface area contributed by atoms with Gasteiger partial charge in [-0.25, -0.2) is 18.6 Å². The van der Waals surface area contributed by atoms with Crippen LogP contribution in [-0.2, 0) is 4.74 Å². The third-order valence-electron chi connectivity index (χ3n) is 1.74. The number of carbonyl (C=O) groups is 1. The van der Waals surface area contributed by atoms with E-state index in [1.807, 2.05) is 0 Å². The first-order chi connectivity index (χ1) is 6.99. The van der Waals surface area contributed by atoms with Crippen LogP contribution in [0.4, 0.5) is 14.6 Å². The zero-order chi connectivity index (χ0) is 11.6. The zero-order valence-electron chi connectivity index (χ0n) is 7.70. The van der Waals surface area contributed by atoms with Gasteiger partial charge < -0.3 is 15.6 Å². The van der Waals surface area contributed by atoms with E-state index >= 15 is 0 Å². The van der Waals surface area contributed by atoms with Crippen LogP contribution in [0.25, 0.3) is 0 Å². The molecule has 0 aliphatic heterocycles. The van der Waals surface area contributed by atoms with Crippen molar-refractivity contribution in [2.45, 2.75) is 6.43 Å². The maximum absolute atomic E-state index is 12.5. The fraction of sp³-hybridized carbons (Fsp3) is 0.250. The SMILES string of the molecule is COC(=O)c1cnc(N)c(O)c1C(F)F. The lowest BCUT2D eigenvalue weighted by Gasteiger charge is -2.09. The highest BCUT2D eigenvalue weighted by Gasteiger charge is 2.25. The molecule has 0 unspecified atom stereocenters. The molecule has 1 rings (SSSR count). The van der Waals surface area contributed by atoms with Crippen molar-refractivity contribution in [3.63, 3.8) is 0 Å². The van der Waals surface area contributed by atoms with Crippen LogP contribution in [0.1, 0.15) is 22.3 Å². The monoisotopic (exact) mass is 218 g/mol. The number of nitrogen functional groups attached to an aromatic ring is 1. The fourth-order valence-electron chi connectivity index (χ4n) is 1.02. The molecule has 0 aliphatic carbocycles. The molecule has 1 heterocycles. The van der Waals surface area contributed by atoms with Gasteiger partial charge in [0.2, 0.25) is 0 Å². The number of alkyl halides is 2. The van der Waals surface area contributed by atoms with E-state index in [0.717, 1.165) is 13.3 Å². The predicted molar refractivity (Wildman–Crippen MR) is 46.6 cm³/mol. The molecule has 0 spiro atoms. The average Bonchev–Trinajstić information content (AvgIpc) is 2.20. The third kappa shape index (κ3) is 1.95. The third-order valence-corrected chi connectivity index (χ3v) is 1.74. The molecule has 0 saturated carbocycles. The fourth-order valence-corrected chi connectivity index (χ4v) is 1.02. The Kier molecular flexibility index (Phi) is 3.03. The van der Waals surface area contributed by atoms with Crippen LogP contribution in [-0.4, -0.2) is 23.2 Å². The first-order valence-corrected chi connectivity index (χ1v) is 3.82. The van der Waals surface area contributed by atoms with Gasteiger partial charge >= 0.3 is 5.97 Å². The van der Waals surface area contributed by atoms with Gasteiger partial charge in [-0.05, 0) is 0 Å². The number of pyridine rings is 1. The largest absolute Gasteiger partial charge is 0.504 e. The van der Waals surface area contributed by atoms with Gasteiger partial charge in [0.15, 0.2) is 11.6 Å². The summed E-state index contributed by atoms with van der Waals surface area (Å²) in [5.74, 6) is -2.36. The highest BCUT2D eigenvalue weighted by atomic mass is 19.3. The molecule has 0 aliphatic rings. The topological polar surface area (TPSA) is 85.4 Å². The second-order valence-electron chi connectivity index (χ2n) is 2.61. The Hall–Kier alpha value is -1.92. The number of nitrogens with zero attached hydrogens (tertiary/aromatic N) is 1. The maximum atomic E-state index is 12.5. The summed E-state index contributed by atoms with van der Waals surface area (Å²) in [7, 11) is 1.03. The van der Waals surface area contributed by atoms with Crippen molar-refractivity contribution >= 4 is 11.8 Å². The van der Waals surface area contributed by atoms with E-state index in [9.17, 15) is 18.7 Å². The number of halogens is 2. The van der Waals surface area contributed by atoms with Gasteiger partial charge in [-0.1, -0.05) is 0 Å². The molecule has 5 nitrogen and oxygen atoms in total. The minimum absolute atomic E-state index is 0.460. The van der Waals surface area contributed by atoms with E-state index in [1.54, 1.807) is 0 Å². The number of anilines is 1. The zero-order valence-corrected chi connectivity index (χ0v) is 7.70. The quantitative estimate of drug-likeness (QED) is 0.726. The van der Waals surface area contributed by atoms with Gasteiger partial charge in [0.1, 0.15) is 0 Å². The van der Waals surface area contributed by atoms with Crippen molar-refractivity contribution in [1.82, 2.24) is 4.98 Å². The van der Waals surface area contributed by atoms with E-state index < -0.39 is 35.1 Å². The number of aromatic nitrogens is 1. The molecule has 3 N–H and O–H groups in total. The Bertz CT molecular complexity index is 396. The molecule has 7 heteroatoms. The summed E-state index contributed by atoms with van der Waals surface area (Å²) < 4.78 is 29.3. The van der Waals surface area contributed by atoms with Crippen LogP contribution in [0.2, 0.25) is 0 Å². The smallest absolute Gasteiger partial charge is 0.340 e. The van der Waals surface area contributed by atoms with Crippen molar-refractivity contribution < 1.29 is 23.4 Å². The number of aromatic hydroxyl groups is 1. The molecule has 0 saturated heterocycles. The van der Waals surface area contributed by atoms with Crippen molar-refractivity contribution in [3.8, 4) is 5.75 Å². The van der Waals surface area contributed by atoms with E-state index in [2.05, 4.69) is 9.72 Å². The highest BCUT2D eigenvalue weighted by molar-refractivity contribution is 5.92. The summed E-state index contributed by atoms with van der Waals surface area (Å²) in [5, 5.41) is 9.22. The Labute approximate surface area is 83.5 Å². The molecular formula is C8H8F2N2O3. The Morgan fingerprint density at radius 2 is 2.27 bits per heavy atom. The lowest BCUT2D eigenvalue weighted by atomic mass is 10.1. The van der Waals surface area contributed by atoms with Crippen LogP contribution < -0.4 is 5.73 Å². The van der Waals surface area contributed by atoms with Gasteiger partial charge in [-0.3, -0.25) is 0 Å². The van der Waals surface area contributed by atoms with E-state index in [0.29, 0.717) is 0 Å². The Balaban J connectivity index is 3.40. The van der Waals surface area contributed by atoms with Crippen LogP contribution in [0.15, 0.2) is 6.20 Å². The van der Waals surface area contributed by atoms with E-state index in [4.69, 9.17) is 5.73 Å². The maximum Gasteiger partial charge on any atom is 0.340 e. The summed E-state index contributed by atoms with van der Waals surface area (Å²) in [6.07, 6.45) is -2.20. The Morgan fingerprint density at radius 1 is 1.67 bits per heavy atom. The number of rotatable bonds is 2. The molecule has 0 fully saturated rings. The second kappa shape index (κ2) is 4.07.